The standard InChI is InChI=1S/C11H12O/c1-9-3-2-4-10(7-9)11(8-12)5-6-11/h2-4,7-8H,5-6H2,1H3. The van der Waals surface area contributed by atoms with Gasteiger partial charge in [-0.2, -0.15) is 0 Å². The Hall–Kier alpha value is -1.11. The zero-order valence-electron chi connectivity index (χ0n) is 7.21. The van der Waals surface area contributed by atoms with Crippen molar-refractivity contribution in [2.75, 3.05) is 0 Å². The summed E-state index contributed by atoms with van der Waals surface area (Å²) in [6.45, 7) is 2.06. The summed E-state index contributed by atoms with van der Waals surface area (Å²) in [7, 11) is 0. The van der Waals surface area contributed by atoms with E-state index in [4.69, 9.17) is 0 Å². The van der Waals surface area contributed by atoms with Crippen LogP contribution in [0.1, 0.15) is 24.0 Å². The van der Waals surface area contributed by atoms with Crippen molar-refractivity contribution in [2.45, 2.75) is 25.2 Å². The maximum absolute atomic E-state index is 10.8. The summed E-state index contributed by atoms with van der Waals surface area (Å²) in [5, 5.41) is 0. The van der Waals surface area contributed by atoms with Crippen molar-refractivity contribution in [3.05, 3.63) is 35.4 Å². The van der Waals surface area contributed by atoms with E-state index in [2.05, 4.69) is 25.1 Å². The van der Waals surface area contributed by atoms with Gasteiger partial charge in [0.1, 0.15) is 6.29 Å². The zero-order chi connectivity index (χ0) is 8.60. The van der Waals surface area contributed by atoms with Crippen LogP contribution in [0, 0.1) is 6.92 Å². The van der Waals surface area contributed by atoms with E-state index in [9.17, 15) is 4.79 Å². The predicted molar refractivity (Wildman–Crippen MR) is 48.2 cm³/mol. The van der Waals surface area contributed by atoms with Crippen LogP contribution in [0.4, 0.5) is 0 Å². The minimum atomic E-state index is -0.105. The first-order valence-corrected chi connectivity index (χ1v) is 4.30. The Labute approximate surface area is 72.4 Å². The molecule has 0 spiro atoms. The van der Waals surface area contributed by atoms with Gasteiger partial charge in [-0.15, -0.1) is 0 Å². The second-order valence-electron chi connectivity index (χ2n) is 3.64. The molecule has 0 atom stereocenters. The molecule has 1 aliphatic rings. The number of hydrogen-bond acceptors (Lipinski definition) is 1. The first-order chi connectivity index (χ1) is 5.77. The molecule has 0 unspecified atom stereocenters. The van der Waals surface area contributed by atoms with Crippen molar-refractivity contribution >= 4 is 6.29 Å². The molecule has 1 aromatic carbocycles. The van der Waals surface area contributed by atoms with E-state index in [-0.39, 0.29) is 5.41 Å². The first-order valence-electron chi connectivity index (χ1n) is 4.30. The third kappa shape index (κ3) is 1.06. The normalized spacial score (nSPS) is 18.8. The lowest BCUT2D eigenvalue weighted by Gasteiger charge is -2.07. The van der Waals surface area contributed by atoms with Crippen molar-refractivity contribution in [3.63, 3.8) is 0 Å². The highest BCUT2D eigenvalue weighted by Gasteiger charge is 2.44. The molecule has 62 valence electrons. The van der Waals surface area contributed by atoms with Gasteiger partial charge in [-0.25, -0.2) is 0 Å². The maximum atomic E-state index is 10.8. The highest BCUT2D eigenvalue weighted by atomic mass is 16.1. The van der Waals surface area contributed by atoms with Crippen molar-refractivity contribution < 1.29 is 4.79 Å². The van der Waals surface area contributed by atoms with Crippen LogP contribution >= 0.6 is 0 Å². The molecular formula is C11H12O. The maximum Gasteiger partial charge on any atom is 0.130 e. The smallest absolute Gasteiger partial charge is 0.130 e. The van der Waals surface area contributed by atoms with Gasteiger partial charge < -0.3 is 4.79 Å². The van der Waals surface area contributed by atoms with E-state index < -0.39 is 0 Å². The molecule has 1 saturated carbocycles. The SMILES string of the molecule is Cc1cccc(C2(C=O)CC2)c1. The van der Waals surface area contributed by atoms with Gasteiger partial charge in [-0.1, -0.05) is 29.8 Å². The summed E-state index contributed by atoms with van der Waals surface area (Å²) in [5.74, 6) is 0. The molecule has 0 heterocycles. The molecule has 0 amide bonds. The fourth-order valence-corrected chi connectivity index (χ4v) is 1.56. The van der Waals surface area contributed by atoms with Crippen LogP contribution in [0.2, 0.25) is 0 Å². The predicted octanol–water partition coefficient (Wildman–Crippen LogP) is 2.23. The van der Waals surface area contributed by atoms with Gasteiger partial charge in [-0.05, 0) is 25.3 Å². The first kappa shape index (κ1) is 7.53. The van der Waals surface area contributed by atoms with Crippen molar-refractivity contribution in [1.29, 1.82) is 0 Å². The Balaban J connectivity index is 2.40. The number of carbonyl (C=O) groups excluding carboxylic acids is 1. The van der Waals surface area contributed by atoms with Gasteiger partial charge in [0, 0.05) is 0 Å². The minimum absolute atomic E-state index is 0.105. The number of rotatable bonds is 2. The van der Waals surface area contributed by atoms with Crippen LogP contribution in [0.3, 0.4) is 0 Å². The van der Waals surface area contributed by atoms with Crippen molar-refractivity contribution in [2.24, 2.45) is 0 Å². The van der Waals surface area contributed by atoms with Gasteiger partial charge in [0.25, 0.3) is 0 Å². The molecule has 0 saturated heterocycles. The van der Waals surface area contributed by atoms with E-state index in [1.165, 1.54) is 11.1 Å². The zero-order valence-corrected chi connectivity index (χ0v) is 7.21. The molecule has 0 aromatic heterocycles. The molecule has 0 aliphatic heterocycles. The summed E-state index contributed by atoms with van der Waals surface area (Å²) < 4.78 is 0. The minimum Gasteiger partial charge on any atom is -0.302 e. The monoisotopic (exact) mass is 160 g/mol. The van der Waals surface area contributed by atoms with Gasteiger partial charge >= 0.3 is 0 Å². The second kappa shape index (κ2) is 2.44. The molecular weight excluding hydrogens is 148 g/mol. The van der Waals surface area contributed by atoms with Crippen LogP contribution in [0.5, 0.6) is 0 Å². The summed E-state index contributed by atoms with van der Waals surface area (Å²) >= 11 is 0. The average molecular weight is 160 g/mol. The van der Waals surface area contributed by atoms with E-state index in [0.717, 1.165) is 19.1 Å². The largest absolute Gasteiger partial charge is 0.302 e. The lowest BCUT2D eigenvalue weighted by Crippen LogP contribution is -2.07. The van der Waals surface area contributed by atoms with Crippen LogP contribution < -0.4 is 0 Å². The number of carbonyl (C=O) groups is 1. The number of hydrogen-bond donors (Lipinski definition) is 0. The van der Waals surface area contributed by atoms with Gasteiger partial charge in [-0.3, -0.25) is 0 Å². The Morgan fingerprint density at radius 2 is 2.17 bits per heavy atom. The third-order valence-corrected chi connectivity index (χ3v) is 2.61. The molecule has 0 radical (unpaired) electrons. The van der Waals surface area contributed by atoms with E-state index in [1.54, 1.807) is 0 Å². The quantitative estimate of drug-likeness (QED) is 0.606. The molecule has 0 N–H and O–H groups in total. The Morgan fingerprint density at radius 1 is 1.42 bits per heavy atom. The molecule has 1 nitrogen and oxygen atoms in total. The van der Waals surface area contributed by atoms with Crippen LogP contribution in [0.25, 0.3) is 0 Å². The number of benzene rings is 1. The summed E-state index contributed by atoms with van der Waals surface area (Å²) in [6, 6.07) is 8.24. The highest BCUT2D eigenvalue weighted by molar-refractivity contribution is 5.73. The highest BCUT2D eigenvalue weighted by Crippen LogP contribution is 2.46. The van der Waals surface area contributed by atoms with Gasteiger partial charge in [0.15, 0.2) is 0 Å². The second-order valence-corrected chi connectivity index (χ2v) is 3.64. The topological polar surface area (TPSA) is 17.1 Å². The Kier molecular flexibility index (Phi) is 1.53. The fourth-order valence-electron chi connectivity index (χ4n) is 1.56. The van der Waals surface area contributed by atoms with E-state index >= 15 is 0 Å². The van der Waals surface area contributed by atoms with Crippen LogP contribution in [-0.4, -0.2) is 6.29 Å². The molecule has 1 aliphatic carbocycles. The Morgan fingerprint density at radius 3 is 2.67 bits per heavy atom. The van der Waals surface area contributed by atoms with Crippen molar-refractivity contribution in [3.8, 4) is 0 Å². The van der Waals surface area contributed by atoms with Crippen LogP contribution in [-0.2, 0) is 10.2 Å². The number of aryl methyl sites for hydroxylation is 1. The molecule has 0 bridgehead atoms. The van der Waals surface area contributed by atoms with Crippen molar-refractivity contribution in [1.82, 2.24) is 0 Å². The summed E-state index contributed by atoms with van der Waals surface area (Å²) in [6.07, 6.45) is 3.15. The Bertz CT molecular complexity index is 311. The molecule has 1 fully saturated rings. The third-order valence-electron chi connectivity index (χ3n) is 2.61. The molecule has 1 aromatic rings. The summed E-state index contributed by atoms with van der Waals surface area (Å²) in [5.41, 5.74) is 2.32. The average Bonchev–Trinajstić information content (AvgIpc) is 2.84. The molecule has 1 heteroatoms. The number of aldehydes is 1. The summed E-state index contributed by atoms with van der Waals surface area (Å²) in [4.78, 5) is 10.8. The lowest BCUT2D eigenvalue weighted by molar-refractivity contribution is -0.109. The van der Waals surface area contributed by atoms with Crippen LogP contribution in [0.15, 0.2) is 24.3 Å². The molecule has 2 rings (SSSR count). The van der Waals surface area contributed by atoms with E-state index in [0.29, 0.717) is 0 Å². The van der Waals surface area contributed by atoms with E-state index in [1.807, 2.05) is 6.07 Å². The molecule has 12 heavy (non-hydrogen) atoms. The van der Waals surface area contributed by atoms with Gasteiger partial charge in [0.2, 0.25) is 0 Å². The lowest BCUT2D eigenvalue weighted by atomic mass is 9.96. The fraction of sp³-hybridized carbons (Fsp3) is 0.364. The van der Waals surface area contributed by atoms with Gasteiger partial charge in [0.05, 0.1) is 5.41 Å².